The molecule has 1 aliphatic heterocycles. The predicted octanol–water partition coefficient (Wildman–Crippen LogP) is 2.43. The zero-order valence-electron chi connectivity index (χ0n) is 11.7. The van der Waals surface area contributed by atoms with E-state index in [0.29, 0.717) is 19.5 Å². The topological polar surface area (TPSA) is 32.8 Å². The zero-order valence-corrected chi connectivity index (χ0v) is 12.5. The molecule has 2 heterocycles. The van der Waals surface area contributed by atoms with Crippen molar-refractivity contribution in [1.82, 2.24) is 9.96 Å². The molecule has 0 aliphatic carbocycles. The smallest absolute Gasteiger partial charge is 0.224 e. The van der Waals surface area contributed by atoms with Gasteiger partial charge in [-0.15, -0.1) is 11.3 Å². The van der Waals surface area contributed by atoms with Crippen molar-refractivity contribution in [3.63, 3.8) is 0 Å². The molecule has 0 bridgehead atoms. The molecule has 0 radical (unpaired) electrons. The average molecular weight is 282 g/mol. The molecular weight excluding hydrogens is 260 g/mol. The normalized spacial score (nSPS) is 16.5. The third-order valence-corrected chi connectivity index (χ3v) is 4.43. The van der Waals surface area contributed by atoms with Crippen LogP contribution in [0.1, 0.15) is 29.7 Å². The lowest BCUT2D eigenvalue weighted by molar-refractivity contribution is -0.182. The Bertz CT molecular complexity index is 413. The molecule has 2 rings (SSSR count). The Balaban J connectivity index is 1.74. The van der Waals surface area contributed by atoms with Crippen molar-refractivity contribution in [3.8, 4) is 0 Å². The van der Waals surface area contributed by atoms with Gasteiger partial charge in [0.05, 0.1) is 13.2 Å². The number of carbonyl (C=O) groups is 1. The van der Waals surface area contributed by atoms with Crippen LogP contribution in [-0.2, 0) is 16.2 Å². The standard InChI is InChI=1S/C14H22N2O2S/c1-12-6-10-19-13(12)11-15(2)14(17)5-8-16-7-3-4-9-18-16/h6,10H,3-5,7-9,11H2,1-2H3. The van der Waals surface area contributed by atoms with Crippen LogP contribution in [0, 0.1) is 6.92 Å². The molecule has 0 N–H and O–H groups in total. The fourth-order valence-electron chi connectivity index (χ4n) is 2.11. The van der Waals surface area contributed by atoms with Crippen LogP contribution in [0.2, 0.25) is 0 Å². The van der Waals surface area contributed by atoms with E-state index in [1.54, 1.807) is 11.3 Å². The molecule has 19 heavy (non-hydrogen) atoms. The summed E-state index contributed by atoms with van der Waals surface area (Å²) in [4.78, 5) is 20.6. The van der Waals surface area contributed by atoms with Crippen molar-refractivity contribution in [2.75, 3.05) is 26.7 Å². The Hall–Kier alpha value is -0.910. The Morgan fingerprint density at radius 1 is 1.53 bits per heavy atom. The number of carbonyl (C=O) groups excluding carboxylic acids is 1. The number of hydrogen-bond acceptors (Lipinski definition) is 4. The number of aryl methyl sites for hydroxylation is 1. The summed E-state index contributed by atoms with van der Waals surface area (Å²) >= 11 is 1.71. The molecule has 1 aliphatic rings. The quantitative estimate of drug-likeness (QED) is 0.831. The SMILES string of the molecule is Cc1ccsc1CN(C)C(=O)CCN1CCCCO1. The molecule has 4 nitrogen and oxygen atoms in total. The van der Waals surface area contributed by atoms with Gasteiger partial charge in [0.25, 0.3) is 0 Å². The minimum atomic E-state index is 0.182. The number of hydroxylamine groups is 2. The van der Waals surface area contributed by atoms with Crippen LogP contribution in [-0.4, -0.2) is 42.6 Å². The Kier molecular flexibility index (Phi) is 5.36. The van der Waals surface area contributed by atoms with Gasteiger partial charge in [-0.05, 0) is 36.8 Å². The highest BCUT2D eigenvalue weighted by Gasteiger charge is 2.15. The van der Waals surface area contributed by atoms with Gasteiger partial charge in [0, 0.05) is 31.4 Å². The van der Waals surface area contributed by atoms with E-state index in [0.717, 1.165) is 19.6 Å². The van der Waals surface area contributed by atoms with E-state index in [1.165, 1.54) is 16.9 Å². The first-order valence-corrected chi connectivity index (χ1v) is 7.69. The first-order valence-electron chi connectivity index (χ1n) is 6.81. The van der Waals surface area contributed by atoms with Crippen LogP contribution in [0.5, 0.6) is 0 Å². The predicted molar refractivity (Wildman–Crippen MR) is 76.9 cm³/mol. The molecule has 1 saturated heterocycles. The van der Waals surface area contributed by atoms with Crippen LogP contribution >= 0.6 is 11.3 Å². The lowest BCUT2D eigenvalue weighted by Gasteiger charge is -2.26. The molecule has 1 aromatic heterocycles. The molecule has 0 aromatic carbocycles. The van der Waals surface area contributed by atoms with Gasteiger partial charge in [0.15, 0.2) is 0 Å². The van der Waals surface area contributed by atoms with Crippen LogP contribution < -0.4 is 0 Å². The van der Waals surface area contributed by atoms with Crippen molar-refractivity contribution >= 4 is 17.2 Å². The summed E-state index contributed by atoms with van der Waals surface area (Å²) in [5.74, 6) is 0.182. The van der Waals surface area contributed by atoms with Gasteiger partial charge >= 0.3 is 0 Å². The van der Waals surface area contributed by atoms with E-state index in [2.05, 4.69) is 18.4 Å². The number of amides is 1. The Labute approximate surface area is 118 Å². The summed E-state index contributed by atoms with van der Waals surface area (Å²) in [6.45, 7) is 5.24. The van der Waals surface area contributed by atoms with Crippen LogP contribution in [0.3, 0.4) is 0 Å². The summed E-state index contributed by atoms with van der Waals surface area (Å²) < 4.78 is 0. The third kappa shape index (κ3) is 4.30. The van der Waals surface area contributed by atoms with Gasteiger partial charge in [0.2, 0.25) is 5.91 Å². The molecule has 1 fully saturated rings. The number of rotatable bonds is 5. The summed E-state index contributed by atoms with van der Waals surface area (Å²) in [6, 6.07) is 2.10. The van der Waals surface area contributed by atoms with E-state index in [4.69, 9.17) is 4.84 Å². The molecule has 106 valence electrons. The molecule has 1 aromatic rings. The van der Waals surface area contributed by atoms with E-state index >= 15 is 0 Å². The minimum Gasteiger partial charge on any atom is -0.341 e. The number of hydrogen-bond donors (Lipinski definition) is 0. The summed E-state index contributed by atoms with van der Waals surface area (Å²) in [6.07, 6.45) is 2.82. The average Bonchev–Trinajstić information content (AvgIpc) is 2.82. The third-order valence-electron chi connectivity index (χ3n) is 3.43. The van der Waals surface area contributed by atoms with Crippen molar-refractivity contribution in [1.29, 1.82) is 0 Å². The molecule has 1 amide bonds. The van der Waals surface area contributed by atoms with Gasteiger partial charge in [0.1, 0.15) is 0 Å². The van der Waals surface area contributed by atoms with Crippen LogP contribution in [0.25, 0.3) is 0 Å². The minimum absolute atomic E-state index is 0.182. The second kappa shape index (κ2) is 7.03. The van der Waals surface area contributed by atoms with Gasteiger partial charge in [-0.25, -0.2) is 0 Å². The van der Waals surface area contributed by atoms with E-state index < -0.39 is 0 Å². The summed E-state index contributed by atoms with van der Waals surface area (Å²) in [5.41, 5.74) is 1.27. The molecule has 0 atom stereocenters. The van der Waals surface area contributed by atoms with Gasteiger partial charge in [-0.3, -0.25) is 9.63 Å². The fourth-order valence-corrected chi connectivity index (χ4v) is 3.06. The second-order valence-corrected chi connectivity index (χ2v) is 6.00. The first kappa shape index (κ1) is 14.5. The maximum absolute atomic E-state index is 12.1. The Morgan fingerprint density at radius 3 is 3.00 bits per heavy atom. The number of thiophene rings is 1. The molecule has 0 unspecified atom stereocenters. The Morgan fingerprint density at radius 2 is 2.37 bits per heavy atom. The summed E-state index contributed by atoms with van der Waals surface area (Å²) in [7, 11) is 1.87. The maximum Gasteiger partial charge on any atom is 0.224 e. The van der Waals surface area contributed by atoms with Crippen molar-refractivity contribution < 1.29 is 9.63 Å². The lowest BCUT2D eigenvalue weighted by atomic mass is 10.2. The van der Waals surface area contributed by atoms with E-state index in [1.807, 2.05) is 17.0 Å². The monoisotopic (exact) mass is 282 g/mol. The van der Waals surface area contributed by atoms with Gasteiger partial charge in [-0.1, -0.05) is 0 Å². The highest BCUT2D eigenvalue weighted by Crippen LogP contribution is 2.17. The largest absolute Gasteiger partial charge is 0.341 e. The molecule has 0 saturated carbocycles. The molecule has 0 spiro atoms. The van der Waals surface area contributed by atoms with Gasteiger partial charge in [-0.2, -0.15) is 5.06 Å². The van der Waals surface area contributed by atoms with Gasteiger partial charge < -0.3 is 4.90 Å². The maximum atomic E-state index is 12.1. The highest BCUT2D eigenvalue weighted by molar-refractivity contribution is 7.10. The highest BCUT2D eigenvalue weighted by atomic mass is 32.1. The van der Waals surface area contributed by atoms with Crippen LogP contribution in [0.15, 0.2) is 11.4 Å². The van der Waals surface area contributed by atoms with E-state index in [9.17, 15) is 4.79 Å². The molecule has 5 heteroatoms. The van der Waals surface area contributed by atoms with Crippen molar-refractivity contribution in [2.24, 2.45) is 0 Å². The first-order chi connectivity index (χ1) is 9.16. The van der Waals surface area contributed by atoms with E-state index in [-0.39, 0.29) is 5.91 Å². The molecular formula is C14H22N2O2S. The van der Waals surface area contributed by atoms with Crippen molar-refractivity contribution in [3.05, 3.63) is 21.9 Å². The summed E-state index contributed by atoms with van der Waals surface area (Å²) in [5, 5.41) is 4.00. The van der Waals surface area contributed by atoms with Crippen LogP contribution in [0.4, 0.5) is 0 Å². The zero-order chi connectivity index (χ0) is 13.7. The fraction of sp³-hybridized carbons (Fsp3) is 0.643. The van der Waals surface area contributed by atoms with Crippen molar-refractivity contribution in [2.45, 2.75) is 32.7 Å². The second-order valence-electron chi connectivity index (χ2n) is 5.00. The number of nitrogens with zero attached hydrogens (tertiary/aromatic N) is 2. The lowest BCUT2D eigenvalue weighted by Crippen LogP contribution is -2.34.